The van der Waals surface area contributed by atoms with Gasteiger partial charge in [-0.05, 0) is 46.8 Å². The first kappa shape index (κ1) is 21.7. The number of esters is 1. The number of hydrogen-bond donors (Lipinski definition) is 0. The van der Waals surface area contributed by atoms with Crippen LogP contribution < -0.4 is 0 Å². The quantitative estimate of drug-likeness (QED) is 0.524. The Morgan fingerprint density at radius 2 is 1.85 bits per heavy atom. The van der Waals surface area contributed by atoms with Crippen molar-refractivity contribution in [3.63, 3.8) is 0 Å². The fourth-order valence-electron chi connectivity index (χ4n) is 2.53. The summed E-state index contributed by atoms with van der Waals surface area (Å²) in [5.74, 6) is -0.805. The van der Waals surface area contributed by atoms with Crippen LogP contribution >= 0.6 is 23.2 Å². The van der Waals surface area contributed by atoms with Crippen molar-refractivity contribution in [2.24, 2.45) is 5.41 Å². The predicted molar refractivity (Wildman–Crippen MR) is 103 cm³/mol. The van der Waals surface area contributed by atoms with E-state index in [2.05, 4.69) is 0 Å². The molecule has 8 heteroatoms. The SMILES string of the molecule is COCON1C(=O)C(c2ccc(Cl)cc2Cl)=C(OC(=O)C(C)(C)C)C1(C)C. The molecule has 1 amide bonds. The zero-order valence-electron chi connectivity index (χ0n) is 16.2. The molecule has 2 rings (SSSR count). The molecule has 0 radical (unpaired) electrons. The molecule has 1 heterocycles. The van der Waals surface area contributed by atoms with Gasteiger partial charge in [0.25, 0.3) is 5.91 Å². The summed E-state index contributed by atoms with van der Waals surface area (Å²) >= 11 is 12.3. The summed E-state index contributed by atoms with van der Waals surface area (Å²) in [7, 11) is 1.44. The lowest BCUT2D eigenvalue weighted by atomic mass is 9.95. The molecule has 148 valence electrons. The van der Waals surface area contributed by atoms with Crippen molar-refractivity contribution in [2.75, 3.05) is 13.9 Å². The maximum Gasteiger partial charge on any atom is 0.316 e. The number of nitrogens with zero attached hydrogens (tertiary/aromatic N) is 1. The maximum absolute atomic E-state index is 13.1. The number of carbonyl (C=O) groups excluding carboxylic acids is 2. The van der Waals surface area contributed by atoms with E-state index in [1.165, 1.54) is 13.2 Å². The van der Waals surface area contributed by atoms with Gasteiger partial charge in [-0.15, -0.1) is 0 Å². The molecular weight excluding hydrogens is 393 g/mol. The zero-order chi connectivity index (χ0) is 20.6. The third-order valence-corrected chi connectivity index (χ3v) is 4.54. The molecule has 0 spiro atoms. The van der Waals surface area contributed by atoms with E-state index in [0.717, 1.165) is 5.06 Å². The van der Waals surface area contributed by atoms with Crippen molar-refractivity contribution >= 4 is 40.7 Å². The lowest BCUT2D eigenvalue weighted by Gasteiger charge is -2.32. The third-order valence-electron chi connectivity index (χ3n) is 4.00. The summed E-state index contributed by atoms with van der Waals surface area (Å²) in [6.45, 7) is 8.47. The molecule has 6 nitrogen and oxygen atoms in total. The van der Waals surface area contributed by atoms with Crippen LogP contribution in [-0.2, 0) is 23.9 Å². The second-order valence-electron chi connectivity index (χ2n) is 7.66. The van der Waals surface area contributed by atoms with Crippen LogP contribution in [0, 0.1) is 5.41 Å². The van der Waals surface area contributed by atoms with E-state index >= 15 is 0 Å². The van der Waals surface area contributed by atoms with Crippen molar-refractivity contribution in [3.8, 4) is 0 Å². The molecule has 1 aliphatic rings. The molecule has 0 aliphatic carbocycles. The first-order chi connectivity index (χ1) is 12.4. The molecule has 0 saturated carbocycles. The number of rotatable bonds is 5. The smallest absolute Gasteiger partial charge is 0.316 e. The zero-order valence-corrected chi connectivity index (χ0v) is 17.7. The highest BCUT2D eigenvalue weighted by Gasteiger charge is 2.50. The van der Waals surface area contributed by atoms with Crippen LogP contribution in [0.3, 0.4) is 0 Å². The number of ether oxygens (including phenoxy) is 2. The monoisotopic (exact) mass is 415 g/mol. The van der Waals surface area contributed by atoms with Crippen molar-refractivity contribution in [1.82, 2.24) is 5.06 Å². The fraction of sp³-hybridized carbons (Fsp3) is 0.474. The van der Waals surface area contributed by atoms with Crippen LogP contribution in [0.1, 0.15) is 40.2 Å². The molecule has 0 fully saturated rings. The van der Waals surface area contributed by atoms with Crippen LogP contribution in [0.5, 0.6) is 0 Å². The van der Waals surface area contributed by atoms with Crippen molar-refractivity contribution in [3.05, 3.63) is 39.6 Å². The second-order valence-corrected chi connectivity index (χ2v) is 8.51. The lowest BCUT2D eigenvalue weighted by Crippen LogP contribution is -2.45. The minimum absolute atomic E-state index is 0.142. The van der Waals surface area contributed by atoms with Crippen LogP contribution in [0.25, 0.3) is 5.57 Å². The van der Waals surface area contributed by atoms with Crippen LogP contribution in [0.15, 0.2) is 24.0 Å². The molecule has 0 unspecified atom stereocenters. The van der Waals surface area contributed by atoms with Gasteiger partial charge in [-0.25, -0.2) is 9.90 Å². The Balaban J connectivity index is 2.63. The van der Waals surface area contributed by atoms with E-state index in [1.807, 2.05) is 0 Å². The Hall–Kier alpha value is -1.60. The summed E-state index contributed by atoms with van der Waals surface area (Å²) in [6.07, 6.45) is 0. The van der Waals surface area contributed by atoms with Crippen LogP contribution in [0.4, 0.5) is 0 Å². The largest absolute Gasteiger partial charge is 0.427 e. The second kappa shape index (κ2) is 7.80. The van der Waals surface area contributed by atoms with Gasteiger partial charge in [-0.2, -0.15) is 0 Å². The van der Waals surface area contributed by atoms with Crippen LogP contribution in [-0.4, -0.2) is 36.4 Å². The highest BCUT2D eigenvalue weighted by molar-refractivity contribution is 6.37. The third kappa shape index (κ3) is 4.29. The van der Waals surface area contributed by atoms with Gasteiger partial charge in [-0.3, -0.25) is 9.59 Å². The van der Waals surface area contributed by atoms with E-state index < -0.39 is 22.8 Å². The number of carbonyl (C=O) groups is 2. The van der Waals surface area contributed by atoms with Crippen LogP contribution in [0.2, 0.25) is 10.0 Å². The summed E-state index contributed by atoms with van der Waals surface area (Å²) in [5.41, 5.74) is -1.27. The summed E-state index contributed by atoms with van der Waals surface area (Å²) in [5, 5.41) is 1.82. The van der Waals surface area contributed by atoms with Gasteiger partial charge in [0, 0.05) is 17.7 Å². The van der Waals surface area contributed by atoms with E-state index in [1.54, 1.807) is 46.8 Å². The molecule has 0 atom stereocenters. The number of hydrogen-bond acceptors (Lipinski definition) is 5. The Bertz CT molecular complexity index is 796. The standard InChI is InChI=1S/C19H23Cl2NO5/c1-18(2,3)17(24)27-15-14(12-8-7-11(20)9-13(12)21)16(23)22(19(15,4)5)26-10-25-6/h7-9H,10H2,1-6H3. The molecule has 1 aromatic carbocycles. The molecule has 27 heavy (non-hydrogen) atoms. The molecule has 0 bridgehead atoms. The average molecular weight is 416 g/mol. The Labute approximate surface area is 168 Å². The topological polar surface area (TPSA) is 65.1 Å². The number of hydroxylamine groups is 2. The Kier molecular flexibility index (Phi) is 6.26. The molecule has 0 N–H and O–H groups in total. The van der Waals surface area contributed by atoms with Crippen molar-refractivity contribution in [2.45, 2.75) is 40.2 Å². The van der Waals surface area contributed by atoms with Gasteiger partial charge in [0.05, 0.1) is 16.0 Å². The summed E-state index contributed by atoms with van der Waals surface area (Å²) < 4.78 is 10.6. The minimum atomic E-state index is -1.06. The van der Waals surface area contributed by atoms with Gasteiger partial charge in [-0.1, -0.05) is 29.3 Å². The van der Waals surface area contributed by atoms with Gasteiger partial charge in [0.15, 0.2) is 6.79 Å². The fourth-order valence-corrected chi connectivity index (χ4v) is 3.03. The summed E-state index contributed by atoms with van der Waals surface area (Å²) in [4.78, 5) is 31.1. The minimum Gasteiger partial charge on any atom is -0.427 e. The first-order valence-corrected chi connectivity index (χ1v) is 9.05. The number of benzene rings is 1. The summed E-state index contributed by atoms with van der Waals surface area (Å²) in [6, 6.07) is 4.74. The average Bonchev–Trinajstić information content (AvgIpc) is 2.72. The highest BCUT2D eigenvalue weighted by atomic mass is 35.5. The number of amides is 1. The van der Waals surface area contributed by atoms with Gasteiger partial charge < -0.3 is 9.47 Å². The maximum atomic E-state index is 13.1. The van der Waals surface area contributed by atoms with Gasteiger partial charge in [0.2, 0.25) is 0 Å². The van der Waals surface area contributed by atoms with Crippen molar-refractivity contribution < 1.29 is 23.9 Å². The van der Waals surface area contributed by atoms with Crippen molar-refractivity contribution in [1.29, 1.82) is 0 Å². The predicted octanol–water partition coefficient (Wildman–Crippen LogP) is 4.45. The molecule has 1 aromatic rings. The first-order valence-electron chi connectivity index (χ1n) is 8.30. The molecule has 0 aromatic heterocycles. The number of halogens is 2. The molecular formula is C19H23Cl2NO5. The normalized spacial score (nSPS) is 16.9. The van der Waals surface area contributed by atoms with Gasteiger partial charge in [0.1, 0.15) is 11.3 Å². The molecule has 1 aliphatic heterocycles. The Morgan fingerprint density at radius 3 is 2.37 bits per heavy atom. The van der Waals surface area contributed by atoms with Gasteiger partial charge >= 0.3 is 5.97 Å². The highest BCUT2D eigenvalue weighted by Crippen LogP contribution is 2.43. The Morgan fingerprint density at radius 1 is 1.22 bits per heavy atom. The lowest BCUT2D eigenvalue weighted by molar-refractivity contribution is -0.239. The van der Waals surface area contributed by atoms with E-state index in [9.17, 15) is 9.59 Å². The molecule has 0 saturated heterocycles. The number of methoxy groups -OCH3 is 1. The van der Waals surface area contributed by atoms with E-state index in [0.29, 0.717) is 10.6 Å². The van der Waals surface area contributed by atoms with E-state index in [-0.39, 0.29) is 23.1 Å². The van der Waals surface area contributed by atoms with E-state index in [4.69, 9.17) is 37.5 Å².